The molecule has 3 rings (SSSR count). The van der Waals surface area contributed by atoms with Crippen LogP contribution in [0.3, 0.4) is 0 Å². The molecule has 1 N–H and O–H groups in total. The highest BCUT2D eigenvalue weighted by atomic mass is 32.2. The van der Waals surface area contributed by atoms with Gasteiger partial charge in [-0.25, -0.2) is 4.98 Å². The maximum Gasteiger partial charge on any atom is 0.181 e. The van der Waals surface area contributed by atoms with Gasteiger partial charge in [-0.1, -0.05) is 6.92 Å². The Morgan fingerprint density at radius 2 is 2.17 bits per heavy atom. The van der Waals surface area contributed by atoms with Crippen LogP contribution in [-0.2, 0) is 0 Å². The summed E-state index contributed by atoms with van der Waals surface area (Å²) in [6, 6.07) is 8.93. The first-order valence-electron chi connectivity index (χ1n) is 6.20. The molecule has 2 atom stereocenters. The minimum absolute atomic E-state index is 0.589. The van der Waals surface area contributed by atoms with Gasteiger partial charge in [0.1, 0.15) is 0 Å². The summed E-state index contributed by atoms with van der Waals surface area (Å²) in [6.07, 6.45) is 4.44. The maximum absolute atomic E-state index is 5.28. The second-order valence-corrected chi connectivity index (χ2v) is 6.04. The molecule has 0 saturated carbocycles. The molecule has 94 valence electrons. The van der Waals surface area contributed by atoms with Crippen LogP contribution in [0.15, 0.2) is 41.3 Å². The summed E-state index contributed by atoms with van der Waals surface area (Å²) in [5.74, 6) is 2.07. The average Bonchev–Trinajstić information content (AvgIpc) is 3.03. The SMILES string of the molecule is CC1SCCC1Nc1ccc(-c2cnco2)cc1. The molecule has 0 aliphatic carbocycles. The Hall–Kier alpha value is -1.42. The van der Waals surface area contributed by atoms with E-state index in [0.29, 0.717) is 11.3 Å². The monoisotopic (exact) mass is 260 g/mol. The molecule has 1 aliphatic heterocycles. The van der Waals surface area contributed by atoms with Gasteiger partial charge in [0.25, 0.3) is 0 Å². The number of hydrogen-bond donors (Lipinski definition) is 1. The Labute approximate surface area is 111 Å². The van der Waals surface area contributed by atoms with Crippen LogP contribution < -0.4 is 5.32 Å². The van der Waals surface area contributed by atoms with Gasteiger partial charge in [-0.15, -0.1) is 0 Å². The minimum atomic E-state index is 0.589. The number of nitrogens with one attached hydrogen (secondary N) is 1. The number of hydrogen-bond acceptors (Lipinski definition) is 4. The first kappa shape index (κ1) is 11.7. The summed E-state index contributed by atoms with van der Waals surface area (Å²) in [5, 5.41) is 4.29. The van der Waals surface area contributed by atoms with E-state index in [1.54, 1.807) is 6.20 Å². The lowest BCUT2D eigenvalue weighted by molar-refractivity contribution is 0.572. The molecule has 1 aliphatic rings. The van der Waals surface area contributed by atoms with E-state index in [9.17, 15) is 0 Å². The predicted octanol–water partition coefficient (Wildman–Crippen LogP) is 3.65. The van der Waals surface area contributed by atoms with Gasteiger partial charge >= 0.3 is 0 Å². The van der Waals surface area contributed by atoms with Crippen LogP contribution >= 0.6 is 11.8 Å². The van der Waals surface area contributed by atoms with Crippen molar-refractivity contribution >= 4 is 17.4 Å². The number of benzene rings is 1. The van der Waals surface area contributed by atoms with Crippen LogP contribution in [0.1, 0.15) is 13.3 Å². The van der Waals surface area contributed by atoms with Crippen molar-refractivity contribution in [3.63, 3.8) is 0 Å². The van der Waals surface area contributed by atoms with Gasteiger partial charge in [-0.05, 0) is 36.4 Å². The van der Waals surface area contributed by atoms with Crippen LogP contribution in [0.25, 0.3) is 11.3 Å². The van der Waals surface area contributed by atoms with E-state index in [1.807, 2.05) is 11.8 Å². The van der Waals surface area contributed by atoms with Crippen molar-refractivity contribution in [2.75, 3.05) is 11.1 Å². The minimum Gasteiger partial charge on any atom is -0.444 e. The van der Waals surface area contributed by atoms with E-state index in [4.69, 9.17) is 4.42 Å². The predicted molar refractivity (Wildman–Crippen MR) is 75.9 cm³/mol. The number of anilines is 1. The van der Waals surface area contributed by atoms with Crippen molar-refractivity contribution in [2.45, 2.75) is 24.6 Å². The standard InChI is InChI=1S/C14H16N2OS/c1-10-13(6-7-18-10)16-12-4-2-11(3-5-12)14-8-15-9-17-14/h2-5,8-10,13,16H,6-7H2,1H3. The van der Waals surface area contributed by atoms with Gasteiger partial charge in [0.05, 0.1) is 6.20 Å². The zero-order valence-corrected chi connectivity index (χ0v) is 11.1. The first-order valence-corrected chi connectivity index (χ1v) is 7.25. The van der Waals surface area contributed by atoms with Crippen LogP contribution in [0.5, 0.6) is 0 Å². The van der Waals surface area contributed by atoms with Crippen LogP contribution in [0, 0.1) is 0 Å². The summed E-state index contributed by atoms with van der Waals surface area (Å²) in [6.45, 7) is 2.29. The maximum atomic E-state index is 5.28. The molecule has 0 amide bonds. The van der Waals surface area contributed by atoms with Crippen molar-refractivity contribution in [3.05, 3.63) is 36.9 Å². The molecule has 0 spiro atoms. The largest absolute Gasteiger partial charge is 0.444 e. The average molecular weight is 260 g/mol. The molecule has 1 fully saturated rings. The zero-order chi connectivity index (χ0) is 12.4. The summed E-state index contributed by atoms with van der Waals surface area (Å²) < 4.78 is 5.28. The molecule has 2 unspecified atom stereocenters. The van der Waals surface area contributed by atoms with E-state index >= 15 is 0 Å². The molecule has 3 nitrogen and oxygen atoms in total. The van der Waals surface area contributed by atoms with Gasteiger partial charge < -0.3 is 9.73 Å². The molecule has 1 aromatic carbocycles. The van der Waals surface area contributed by atoms with E-state index in [0.717, 1.165) is 11.3 Å². The fraction of sp³-hybridized carbons (Fsp3) is 0.357. The molecule has 18 heavy (non-hydrogen) atoms. The molecular formula is C14H16N2OS. The Kier molecular flexibility index (Phi) is 3.28. The summed E-state index contributed by atoms with van der Waals surface area (Å²) in [7, 11) is 0. The third kappa shape index (κ3) is 2.38. The molecule has 2 aromatic rings. The third-order valence-corrected chi connectivity index (χ3v) is 4.66. The molecule has 4 heteroatoms. The third-order valence-electron chi connectivity index (χ3n) is 3.33. The van der Waals surface area contributed by atoms with E-state index in [-0.39, 0.29) is 0 Å². The van der Waals surface area contributed by atoms with Crippen LogP contribution in [0.2, 0.25) is 0 Å². The smallest absolute Gasteiger partial charge is 0.181 e. The lowest BCUT2D eigenvalue weighted by atomic mass is 10.1. The highest BCUT2D eigenvalue weighted by Gasteiger charge is 2.23. The van der Waals surface area contributed by atoms with Gasteiger partial charge in [0.15, 0.2) is 12.2 Å². The second kappa shape index (κ2) is 5.06. The summed E-state index contributed by atoms with van der Waals surface area (Å²) >= 11 is 2.04. The summed E-state index contributed by atoms with van der Waals surface area (Å²) in [5.41, 5.74) is 2.24. The van der Waals surface area contributed by atoms with Gasteiger partial charge in [0, 0.05) is 22.5 Å². The van der Waals surface area contributed by atoms with Crippen molar-refractivity contribution in [1.29, 1.82) is 0 Å². The Morgan fingerprint density at radius 3 is 2.78 bits per heavy atom. The molecule has 0 radical (unpaired) electrons. The fourth-order valence-electron chi connectivity index (χ4n) is 2.22. The number of thioether (sulfide) groups is 1. The molecule has 1 aromatic heterocycles. The lowest BCUT2D eigenvalue weighted by Gasteiger charge is -2.17. The fourth-order valence-corrected chi connectivity index (χ4v) is 3.42. The van der Waals surface area contributed by atoms with Crippen LogP contribution in [-0.4, -0.2) is 22.0 Å². The van der Waals surface area contributed by atoms with Gasteiger partial charge in [-0.3, -0.25) is 0 Å². The number of aromatic nitrogens is 1. The quantitative estimate of drug-likeness (QED) is 0.914. The highest BCUT2D eigenvalue weighted by Crippen LogP contribution is 2.29. The number of oxazole rings is 1. The van der Waals surface area contributed by atoms with Crippen molar-refractivity contribution < 1.29 is 4.42 Å². The van der Waals surface area contributed by atoms with Crippen molar-refractivity contribution in [3.8, 4) is 11.3 Å². The Balaban J connectivity index is 1.71. The van der Waals surface area contributed by atoms with Crippen LogP contribution in [0.4, 0.5) is 5.69 Å². The van der Waals surface area contributed by atoms with Crippen molar-refractivity contribution in [2.24, 2.45) is 0 Å². The molecule has 1 saturated heterocycles. The molecule has 2 heterocycles. The lowest BCUT2D eigenvalue weighted by Crippen LogP contribution is -2.24. The number of nitrogens with zero attached hydrogens (tertiary/aromatic N) is 1. The molecular weight excluding hydrogens is 244 g/mol. The highest BCUT2D eigenvalue weighted by molar-refractivity contribution is 8.00. The Morgan fingerprint density at radius 1 is 1.33 bits per heavy atom. The first-order chi connectivity index (χ1) is 8.83. The van der Waals surface area contributed by atoms with Gasteiger partial charge in [-0.2, -0.15) is 11.8 Å². The van der Waals surface area contributed by atoms with E-state index < -0.39 is 0 Å². The van der Waals surface area contributed by atoms with Crippen molar-refractivity contribution in [1.82, 2.24) is 4.98 Å². The Bertz CT molecular complexity index is 495. The van der Waals surface area contributed by atoms with Gasteiger partial charge in [0.2, 0.25) is 0 Å². The summed E-state index contributed by atoms with van der Waals surface area (Å²) in [4.78, 5) is 3.93. The zero-order valence-electron chi connectivity index (χ0n) is 10.3. The topological polar surface area (TPSA) is 38.1 Å². The number of rotatable bonds is 3. The van der Waals surface area contributed by atoms with E-state index in [2.05, 4.69) is 41.5 Å². The second-order valence-electron chi connectivity index (χ2n) is 4.56. The normalized spacial score (nSPS) is 23.2. The molecule has 0 bridgehead atoms. The van der Waals surface area contributed by atoms with E-state index in [1.165, 1.54) is 24.3 Å².